The van der Waals surface area contributed by atoms with Crippen molar-refractivity contribution in [1.29, 1.82) is 0 Å². The standard InChI is InChI=1S/C21H27N5O3/c1-24-9-11-25(12-10-24)20(28)14-19(27)22-15-6-7-17-16(13-15)21(29)26-8-4-2-3-5-18(26)23-17/h6-7,13H,2-5,8-12,14H2,1H3,(H,22,27). The van der Waals surface area contributed by atoms with Gasteiger partial charge in [0.15, 0.2) is 0 Å². The molecule has 0 bridgehead atoms. The van der Waals surface area contributed by atoms with Gasteiger partial charge in [-0.1, -0.05) is 6.42 Å². The fourth-order valence-electron chi connectivity index (χ4n) is 4.01. The molecule has 2 aliphatic rings. The van der Waals surface area contributed by atoms with E-state index in [0.717, 1.165) is 44.6 Å². The molecule has 1 aromatic carbocycles. The number of hydrogen-bond acceptors (Lipinski definition) is 5. The van der Waals surface area contributed by atoms with Gasteiger partial charge < -0.3 is 15.1 Å². The minimum absolute atomic E-state index is 0.0588. The number of anilines is 1. The van der Waals surface area contributed by atoms with E-state index in [9.17, 15) is 14.4 Å². The van der Waals surface area contributed by atoms with Gasteiger partial charge in [-0.05, 0) is 38.1 Å². The summed E-state index contributed by atoms with van der Waals surface area (Å²) in [6.07, 6.45) is 3.75. The Morgan fingerprint density at radius 1 is 1.07 bits per heavy atom. The summed E-state index contributed by atoms with van der Waals surface area (Å²) in [7, 11) is 2.02. The summed E-state index contributed by atoms with van der Waals surface area (Å²) in [4.78, 5) is 46.2. The van der Waals surface area contributed by atoms with E-state index >= 15 is 0 Å². The molecule has 0 atom stereocenters. The Morgan fingerprint density at radius 3 is 2.66 bits per heavy atom. The third kappa shape index (κ3) is 4.32. The minimum atomic E-state index is -0.365. The van der Waals surface area contributed by atoms with Gasteiger partial charge in [0.05, 0.1) is 10.9 Å². The van der Waals surface area contributed by atoms with Crippen molar-refractivity contribution in [3.05, 3.63) is 34.4 Å². The van der Waals surface area contributed by atoms with E-state index in [-0.39, 0.29) is 23.8 Å². The SMILES string of the molecule is CN1CCN(C(=O)CC(=O)Nc2ccc3nc4n(c(=O)c3c2)CCCCC4)CC1. The van der Waals surface area contributed by atoms with Crippen LogP contribution in [-0.4, -0.2) is 64.4 Å². The van der Waals surface area contributed by atoms with Crippen molar-refractivity contribution in [2.75, 3.05) is 38.5 Å². The zero-order valence-electron chi connectivity index (χ0n) is 16.8. The van der Waals surface area contributed by atoms with Gasteiger partial charge in [0.25, 0.3) is 5.56 Å². The first-order valence-electron chi connectivity index (χ1n) is 10.3. The van der Waals surface area contributed by atoms with Crippen molar-refractivity contribution in [3.63, 3.8) is 0 Å². The summed E-state index contributed by atoms with van der Waals surface area (Å²) in [6, 6.07) is 5.17. The second kappa shape index (κ2) is 8.32. The van der Waals surface area contributed by atoms with Crippen LogP contribution >= 0.6 is 0 Å². The number of likely N-dealkylation sites (N-methyl/N-ethyl adjacent to an activating group) is 1. The van der Waals surface area contributed by atoms with Crippen molar-refractivity contribution in [3.8, 4) is 0 Å². The van der Waals surface area contributed by atoms with Crippen LogP contribution in [0.2, 0.25) is 0 Å². The summed E-state index contributed by atoms with van der Waals surface area (Å²) in [5.41, 5.74) is 1.10. The highest BCUT2D eigenvalue weighted by Crippen LogP contribution is 2.18. The monoisotopic (exact) mass is 397 g/mol. The van der Waals surface area contributed by atoms with Gasteiger partial charge in [0, 0.05) is 44.8 Å². The van der Waals surface area contributed by atoms with Gasteiger partial charge in [-0.25, -0.2) is 4.98 Å². The highest BCUT2D eigenvalue weighted by molar-refractivity contribution is 6.04. The van der Waals surface area contributed by atoms with Crippen LogP contribution in [0.4, 0.5) is 5.69 Å². The third-order valence-corrected chi connectivity index (χ3v) is 5.77. The molecule has 1 saturated heterocycles. The van der Waals surface area contributed by atoms with Crippen molar-refractivity contribution >= 4 is 28.4 Å². The summed E-state index contributed by atoms with van der Waals surface area (Å²) < 4.78 is 1.76. The van der Waals surface area contributed by atoms with Gasteiger partial charge in [-0.15, -0.1) is 0 Å². The molecule has 1 N–H and O–H groups in total. The number of nitrogens with one attached hydrogen (secondary N) is 1. The molecule has 8 nitrogen and oxygen atoms in total. The Labute approximate surface area is 169 Å². The molecule has 0 spiro atoms. The van der Waals surface area contributed by atoms with E-state index in [2.05, 4.69) is 15.2 Å². The molecule has 0 aliphatic carbocycles. The number of fused-ring (bicyclic) bond motifs is 2. The maximum atomic E-state index is 12.9. The lowest BCUT2D eigenvalue weighted by molar-refractivity contribution is -0.135. The molecule has 2 amide bonds. The molecule has 2 aliphatic heterocycles. The highest BCUT2D eigenvalue weighted by atomic mass is 16.2. The van der Waals surface area contributed by atoms with Crippen LogP contribution in [0.3, 0.4) is 0 Å². The molecular formula is C21H27N5O3. The Bertz CT molecular complexity index is 992. The molecule has 2 aromatic rings. The van der Waals surface area contributed by atoms with E-state index in [1.54, 1.807) is 27.7 Å². The molecule has 29 heavy (non-hydrogen) atoms. The number of hydrogen-bond donors (Lipinski definition) is 1. The lowest BCUT2D eigenvalue weighted by Gasteiger charge is -2.32. The Morgan fingerprint density at radius 2 is 1.86 bits per heavy atom. The number of nitrogens with zero attached hydrogens (tertiary/aromatic N) is 4. The van der Waals surface area contributed by atoms with Crippen LogP contribution in [-0.2, 0) is 22.6 Å². The maximum absolute atomic E-state index is 12.9. The summed E-state index contributed by atoms with van der Waals surface area (Å²) in [5.74, 6) is 0.314. The fourth-order valence-corrected chi connectivity index (χ4v) is 4.01. The van der Waals surface area contributed by atoms with Gasteiger partial charge in [-0.2, -0.15) is 0 Å². The highest BCUT2D eigenvalue weighted by Gasteiger charge is 2.21. The van der Waals surface area contributed by atoms with Gasteiger partial charge in [0.1, 0.15) is 12.2 Å². The van der Waals surface area contributed by atoms with Crippen LogP contribution in [0.5, 0.6) is 0 Å². The summed E-state index contributed by atoms with van der Waals surface area (Å²) in [5, 5.41) is 3.26. The van der Waals surface area contributed by atoms with Crippen LogP contribution in [0.15, 0.2) is 23.0 Å². The molecule has 8 heteroatoms. The lowest BCUT2D eigenvalue weighted by atomic mass is 10.2. The van der Waals surface area contributed by atoms with E-state index in [1.165, 1.54) is 0 Å². The fraction of sp³-hybridized carbons (Fsp3) is 0.524. The molecule has 0 saturated carbocycles. The van der Waals surface area contributed by atoms with Crippen LogP contribution in [0, 0.1) is 0 Å². The second-order valence-electron chi connectivity index (χ2n) is 7.94. The molecule has 1 aromatic heterocycles. The number of rotatable bonds is 3. The smallest absolute Gasteiger partial charge is 0.261 e. The molecule has 3 heterocycles. The molecule has 154 valence electrons. The number of aromatic nitrogens is 2. The van der Waals surface area contributed by atoms with E-state index < -0.39 is 0 Å². The average molecular weight is 397 g/mol. The van der Waals surface area contributed by atoms with Crippen molar-refractivity contribution < 1.29 is 9.59 Å². The molecule has 1 fully saturated rings. The number of amides is 2. The van der Waals surface area contributed by atoms with Gasteiger partial charge >= 0.3 is 0 Å². The quantitative estimate of drug-likeness (QED) is 0.787. The third-order valence-electron chi connectivity index (χ3n) is 5.77. The molecule has 0 unspecified atom stereocenters. The zero-order chi connectivity index (χ0) is 20.4. The van der Waals surface area contributed by atoms with E-state index in [1.807, 2.05) is 7.05 Å². The topological polar surface area (TPSA) is 87.5 Å². The van der Waals surface area contributed by atoms with E-state index in [4.69, 9.17) is 0 Å². The Kier molecular flexibility index (Phi) is 5.62. The predicted molar refractivity (Wildman–Crippen MR) is 111 cm³/mol. The number of piperazine rings is 1. The normalized spacial score (nSPS) is 17.6. The zero-order valence-corrected chi connectivity index (χ0v) is 16.8. The number of carbonyl (C=O) groups excluding carboxylic acids is 2. The first-order chi connectivity index (χ1) is 14.0. The van der Waals surface area contributed by atoms with E-state index in [0.29, 0.717) is 36.2 Å². The minimum Gasteiger partial charge on any atom is -0.340 e. The molecule has 0 radical (unpaired) electrons. The van der Waals surface area contributed by atoms with Crippen LogP contribution < -0.4 is 10.9 Å². The van der Waals surface area contributed by atoms with Crippen LogP contribution in [0.25, 0.3) is 10.9 Å². The molecule has 4 rings (SSSR count). The first-order valence-corrected chi connectivity index (χ1v) is 10.3. The first kappa shape index (κ1) is 19.6. The Hall–Kier alpha value is -2.74. The average Bonchev–Trinajstić information content (AvgIpc) is 2.94. The number of benzene rings is 1. The van der Waals surface area contributed by atoms with Crippen molar-refractivity contribution in [2.24, 2.45) is 0 Å². The second-order valence-corrected chi connectivity index (χ2v) is 7.94. The number of aryl methyl sites for hydroxylation is 1. The molecular weight excluding hydrogens is 370 g/mol. The summed E-state index contributed by atoms with van der Waals surface area (Å²) in [6.45, 7) is 3.62. The van der Waals surface area contributed by atoms with Gasteiger partial charge in [-0.3, -0.25) is 19.0 Å². The van der Waals surface area contributed by atoms with Crippen molar-refractivity contribution in [2.45, 2.75) is 38.6 Å². The Balaban J connectivity index is 1.48. The lowest BCUT2D eigenvalue weighted by Crippen LogP contribution is -2.47. The maximum Gasteiger partial charge on any atom is 0.261 e. The van der Waals surface area contributed by atoms with Crippen molar-refractivity contribution in [1.82, 2.24) is 19.4 Å². The predicted octanol–water partition coefficient (Wildman–Crippen LogP) is 1.23. The largest absolute Gasteiger partial charge is 0.340 e. The van der Waals surface area contributed by atoms with Crippen LogP contribution in [0.1, 0.15) is 31.5 Å². The summed E-state index contributed by atoms with van der Waals surface area (Å²) >= 11 is 0. The number of carbonyl (C=O) groups is 2. The van der Waals surface area contributed by atoms with Gasteiger partial charge in [0.2, 0.25) is 11.8 Å².